The van der Waals surface area contributed by atoms with Gasteiger partial charge in [0.25, 0.3) is 0 Å². The topological polar surface area (TPSA) is 118 Å². The van der Waals surface area contributed by atoms with Crippen LogP contribution in [0.2, 0.25) is 19.6 Å². The fourth-order valence-electron chi connectivity index (χ4n) is 1.18. The summed E-state index contributed by atoms with van der Waals surface area (Å²) in [4.78, 5) is 10.2. The summed E-state index contributed by atoms with van der Waals surface area (Å²) in [6.07, 6.45) is -6.88. The van der Waals surface area contributed by atoms with Crippen LogP contribution in [0, 0.1) is 0 Å². The largest absolute Gasteiger partial charge is 0.394 e. The lowest BCUT2D eigenvalue weighted by Crippen LogP contribution is -2.56. The van der Waals surface area contributed by atoms with Gasteiger partial charge in [-0.3, -0.25) is 0 Å². The van der Waals surface area contributed by atoms with E-state index in [0.29, 0.717) is 0 Å². The van der Waals surface area contributed by atoms with E-state index in [1.165, 1.54) is 0 Å². The molecule has 0 spiro atoms. The molecule has 0 aliphatic carbocycles. The quantitative estimate of drug-likeness (QED) is 0.272. The van der Waals surface area contributed by atoms with Gasteiger partial charge in [-0.2, -0.15) is 0 Å². The normalized spacial score (nSPS) is 22.0. The number of hydrogen-bond donors (Lipinski definition) is 5. The van der Waals surface area contributed by atoms with Crippen molar-refractivity contribution >= 4 is 14.4 Å². The first-order valence-corrected chi connectivity index (χ1v) is 8.56. The summed E-state index contributed by atoms with van der Waals surface area (Å²) in [6, 6.07) is 0. The highest BCUT2D eigenvalue weighted by molar-refractivity contribution is 6.77. The molecule has 6 nitrogen and oxygen atoms in total. The third kappa shape index (κ3) is 3.93. The van der Waals surface area contributed by atoms with Crippen LogP contribution >= 0.6 is 0 Å². The molecular formula is C9H20O6Si. The lowest BCUT2D eigenvalue weighted by Gasteiger charge is -2.33. The maximum atomic E-state index is 10.2. The average Bonchev–Trinajstić information content (AvgIpc) is 2.22. The minimum Gasteiger partial charge on any atom is -0.394 e. The SMILES string of the molecule is C[Si](C)(C)C(O)[C@@H](O)[C@@H](O)[C@H](O)[C@@H](O)C=O. The first-order valence-electron chi connectivity index (χ1n) is 4.98. The molecule has 0 saturated carbocycles. The van der Waals surface area contributed by atoms with E-state index in [2.05, 4.69) is 0 Å². The highest BCUT2D eigenvalue weighted by Crippen LogP contribution is 2.16. The molecule has 0 aromatic heterocycles. The van der Waals surface area contributed by atoms with Gasteiger partial charge in [-0.1, -0.05) is 19.6 Å². The lowest BCUT2D eigenvalue weighted by molar-refractivity contribution is -0.139. The maximum absolute atomic E-state index is 10.2. The summed E-state index contributed by atoms with van der Waals surface area (Å²) in [7, 11) is -2.11. The number of carbonyl (C=O) groups is 1. The average molecular weight is 252 g/mol. The Morgan fingerprint density at radius 1 is 0.875 bits per heavy atom. The molecule has 0 heterocycles. The number of aliphatic hydroxyl groups is 5. The Labute approximate surface area is 95.2 Å². The van der Waals surface area contributed by atoms with Crippen LogP contribution < -0.4 is 0 Å². The van der Waals surface area contributed by atoms with Crippen LogP contribution in [0.3, 0.4) is 0 Å². The van der Waals surface area contributed by atoms with E-state index in [0.717, 1.165) is 0 Å². The Hall–Kier alpha value is -0.313. The molecule has 0 aliphatic rings. The Morgan fingerprint density at radius 3 is 1.62 bits per heavy atom. The fraction of sp³-hybridized carbons (Fsp3) is 0.889. The van der Waals surface area contributed by atoms with Crippen molar-refractivity contribution in [1.29, 1.82) is 0 Å². The summed E-state index contributed by atoms with van der Waals surface area (Å²) < 4.78 is 0. The standard InChI is InChI=1S/C9H20O6Si/c1-16(2,3)9(15)8(14)7(13)6(12)5(11)4-10/h4-9,11-15H,1-3H3/t5-,6+,7-,8-,9?/m0/s1. The zero-order valence-electron chi connectivity index (χ0n) is 9.61. The van der Waals surface area contributed by atoms with E-state index in [4.69, 9.17) is 5.11 Å². The summed E-state index contributed by atoms with van der Waals surface area (Å²) in [5, 5.41) is 47.0. The molecule has 0 aromatic rings. The fourth-order valence-corrected chi connectivity index (χ4v) is 2.41. The van der Waals surface area contributed by atoms with Gasteiger partial charge in [-0.25, -0.2) is 0 Å². The molecule has 5 atom stereocenters. The molecule has 0 bridgehead atoms. The van der Waals surface area contributed by atoms with Gasteiger partial charge < -0.3 is 30.3 Å². The van der Waals surface area contributed by atoms with Crippen LogP contribution in [-0.4, -0.2) is 70.0 Å². The zero-order valence-corrected chi connectivity index (χ0v) is 10.6. The van der Waals surface area contributed by atoms with Crippen molar-refractivity contribution in [3.63, 3.8) is 0 Å². The van der Waals surface area contributed by atoms with Gasteiger partial charge in [-0.15, -0.1) is 0 Å². The van der Waals surface area contributed by atoms with E-state index in [-0.39, 0.29) is 6.29 Å². The van der Waals surface area contributed by atoms with Crippen molar-refractivity contribution < 1.29 is 30.3 Å². The minimum atomic E-state index is -2.11. The first-order chi connectivity index (χ1) is 7.12. The van der Waals surface area contributed by atoms with Crippen LogP contribution in [0.15, 0.2) is 0 Å². The van der Waals surface area contributed by atoms with Crippen molar-refractivity contribution in [2.24, 2.45) is 0 Å². The molecule has 0 rings (SSSR count). The minimum absolute atomic E-state index is 0.0570. The summed E-state index contributed by atoms with van der Waals surface area (Å²) in [5.41, 5.74) is -1.16. The lowest BCUT2D eigenvalue weighted by atomic mass is 10.0. The van der Waals surface area contributed by atoms with Gasteiger partial charge in [0.05, 0.1) is 13.8 Å². The molecule has 0 amide bonds. The van der Waals surface area contributed by atoms with Crippen molar-refractivity contribution in [2.75, 3.05) is 0 Å². The molecule has 5 N–H and O–H groups in total. The Morgan fingerprint density at radius 2 is 1.31 bits per heavy atom. The van der Waals surface area contributed by atoms with E-state index >= 15 is 0 Å². The number of aldehydes is 1. The molecule has 0 radical (unpaired) electrons. The number of carbonyl (C=O) groups excluding carboxylic acids is 1. The molecule has 0 fully saturated rings. The van der Waals surface area contributed by atoms with E-state index in [1.807, 2.05) is 0 Å². The van der Waals surface area contributed by atoms with Gasteiger partial charge in [0.2, 0.25) is 0 Å². The van der Waals surface area contributed by atoms with Crippen molar-refractivity contribution in [3.05, 3.63) is 0 Å². The van der Waals surface area contributed by atoms with E-state index in [1.54, 1.807) is 19.6 Å². The van der Waals surface area contributed by atoms with Crippen LogP contribution in [0.25, 0.3) is 0 Å². The van der Waals surface area contributed by atoms with Gasteiger partial charge in [0.1, 0.15) is 24.4 Å². The van der Waals surface area contributed by atoms with Crippen molar-refractivity contribution in [1.82, 2.24) is 0 Å². The predicted molar refractivity (Wildman–Crippen MR) is 59.4 cm³/mol. The molecule has 0 aliphatic heterocycles. The molecule has 0 aromatic carbocycles. The highest BCUT2D eigenvalue weighted by atomic mass is 28.3. The molecule has 16 heavy (non-hydrogen) atoms. The van der Waals surface area contributed by atoms with Gasteiger partial charge in [-0.05, 0) is 0 Å². The highest BCUT2D eigenvalue weighted by Gasteiger charge is 2.39. The van der Waals surface area contributed by atoms with Crippen LogP contribution in [0.4, 0.5) is 0 Å². The molecular weight excluding hydrogens is 232 g/mol. The second-order valence-electron chi connectivity index (χ2n) is 4.91. The molecule has 0 saturated heterocycles. The van der Waals surface area contributed by atoms with Crippen LogP contribution in [0.1, 0.15) is 0 Å². The van der Waals surface area contributed by atoms with Crippen molar-refractivity contribution in [3.8, 4) is 0 Å². The molecule has 96 valence electrons. The monoisotopic (exact) mass is 252 g/mol. The third-order valence-electron chi connectivity index (χ3n) is 2.40. The first kappa shape index (κ1) is 15.7. The Kier molecular flexibility index (Phi) is 5.74. The van der Waals surface area contributed by atoms with Crippen LogP contribution in [-0.2, 0) is 4.79 Å². The number of rotatable bonds is 6. The van der Waals surface area contributed by atoms with Gasteiger partial charge >= 0.3 is 0 Å². The number of hydrogen-bond acceptors (Lipinski definition) is 6. The second kappa shape index (κ2) is 5.85. The third-order valence-corrected chi connectivity index (χ3v) is 4.52. The maximum Gasteiger partial charge on any atom is 0.151 e. The van der Waals surface area contributed by atoms with Crippen molar-refractivity contribution in [2.45, 2.75) is 49.8 Å². The Bertz CT molecular complexity index is 229. The van der Waals surface area contributed by atoms with Gasteiger partial charge in [0, 0.05) is 0 Å². The summed E-state index contributed by atoms with van der Waals surface area (Å²) in [6.45, 7) is 5.32. The van der Waals surface area contributed by atoms with E-state index < -0.39 is 38.2 Å². The Balaban J connectivity index is 4.60. The molecule has 1 unspecified atom stereocenters. The summed E-state index contributed by atoms with van der Waals surface area (Å²) >= 11 is 0. The zero-order chi connectivity index (χ0) is 13.1. The smallest absolute Gasteiger partial charge is 0.151 e. The molecule has 7 heteroatoms. The number of aliphatic hydroxyl groups excluding tert-OH is 5. The van der Waals surface area contributed by atoms with Gasteiger partial charge in [0.15, 0.2) is 6.29 Å². The predicted octanol–water partition coefficient (Wildman–Crippen LogP) is -2.13. The van der Waals surface area contributed by atoms with Crippen LogP contribution in [0.5, 0.6) is 0 Å². The van der Waals surface area contributed by atoms with E-state index in [9.17, 15) is 25.2 Å². The summed E-state index contributed by atoms with van der Waals surface area (Å²) in [5.74, 6) is 0. The second-order valence-corrected chi connectivity index (χ2v) is 10.2.